The highest BCUT2D eigenvalue weighted by molar-refractivity contribution is 5.81. The highest BCUT2D eigenvalue weighted by atomic mass is 16.5. The molecule has 1 rings (SSSR count). The fourth-order valence-corrected chi connectivity index (χ4v) is 2.10. The predicted octanol–water partition coefficient (Wildman–Crippen LogP) is 2.42. The van der Waals surface area contributed by atoms with Crippen molar-refractivity contribution in [3.63, 3.8) is 0 Å². The molecule has 1 aromatic carbocycles. The van der Waals surface area contributed by atoms with E-state index in [1.54, 1.807) is 31.4 Å². The quantitative estimate of drug-likeness (QED) is 0.669. The molecule has 0 aromatic heterocycles. The Morgan fingerprint density at radius 1 is 1.17 bits per heavy atom. The topological polar surface area (TPSA) is 76.1 Å². The van der Waals surface area contributed by atoms with Gasteiger partial charge in [-0.2, -0.15) is 0 Å². The number of methoxy groups -OCH3 is 1. The van der Waals surface area contributed by atoms with Gasteiger partial charge in [0.1, 0.15) is 18.0 Å². The van der Waals surface area contributed by atoms with Gasteiger partial charge in [-0.1, -0.05) is 13.8 Å². The van der Waals surface area contributed by atoms with E-state index in [1.807, 2.05) is 13.8 Å². The van der Waals surface area contributed by atoms with Crippen molar-refractivity contribution in [3.05, 3.63) is 24.3 Å². The Labute approximate surface area is 137 Å². The minimum atomic E-state index is -0.992. The average molecular weight is 323 g/mol. The van der Waals surface area contributed by atoms with E-state index in [2.05, 4.69) is 0 Å². The van der Waals surface area contributed by atoms with Crippen molar-refractivity contribution in [2.45, 2.75) is 26.7 Å². The first-order valence-electron chi connectivity index (χ1n) is 7.68. The van der Waals surface area contributed by atoms with Gasteiger partial charge in [0, 0.05) is 13.0 Å². The molecule has 23 heavy (non-hydrogen) atoms. The van der Waals surface area contributed by atoms with Crippen LogP contribution in [0.5, 0.6) is 11.5 Å². The van der Waals surface area contributed by atoms with Gasteiger partial charge in [0.05, 0.1) is 13.7 Å². The van der Waals surface area contributed by atoms with Crippen molar-refractivity contribution in [3.8, 4) is 11.5 Å². The van der Waals surface area contributed by atoms with Gasteiger partial charge in [0.2, 0.25) is 5.91 Å². The lowest BCUT2D eigenvalue weighted by Gasteiger charge is -2.22. The molecule has 0 unspecified atom stereocenters. The van der Waals surface area contributed by atoms with E-state index in [4.69, 9.17) is 14.6 Å². The van der Waals surface area contributed by atoms with Gasteiger partial charge in [-0.3, -0.25) is 9.59 Å². The zero-order chi connectivity index (χ0) is 17.2. The molecule has 1 N–H and O–H groups in total. The zero-order valence-corrected chi connectivity index (χ0v) is 13.9. The van der Waals surface area contributed by atoms with E-state index in [0.29, 0.717) is 25.3 Å². The smallest absolute Gasteiger partial charge is 0.323 e. The third kappa shape index (κ3) is 7.54. The predicted molar refractivity (Wildman–Crippen MR) is 86.8 cm³/mol. The van der Waals surface area contributed by atoms with Crippen molar-refractivity contribution in [2.75, 3.05) is 26.8 Å². The second-order valence-corrected chi connectivity index (χ2v) is 5.69. The van der Waals surface area contributed by atoms with E-state index < -0.39 is 5.97 Å². The maximum absolute atomic E-state index is 12.1. The molecule has 6 heteroatoms. The highest BCUT2D eigenvalue weighted by Crippen LogP contribution is 2.17. The highest BCUT2D eigenvalue weighted by Gasteiger charge is 2.17. The van der Waals surface area contributed by atoms with Gasteiger partial charge in [-0.25, -0.2) is 0 Å². The van der Waals surface area contributed by atoms with Crippen molar-refractivity contribution in [1.82, 2.24) is 4.90 Å². The molecule has 0 bridgehead atoms. The minimum absolute atomic E-state index is 0.153. The van der Waals surface area contributed by atoms with E-state index >= 15 is 0 Å². The first-order chi connectivity index (χ1) is 10.9. The molecule has 1 amide bonds. The number of nitrogens with zero attached hydrogens (tertiary/aromatic N) is 1. The van der Waals surface area contributed by atoms with Gasteiger partial charge in [-0.05, 0) is 36.6 Å². The Hall–Kier alpha value is -2.24. The summed E-state index contributed by atoms with van der Waals surface area (Å²) in [5.74, 6) is 0.551. The average Bonchev–Trinajstić information content (AvgIpc) is 2.50. The lowest BCUT2D eigenvalue weighted by molar-refractivity contribution is -0.144. The number of carboxylic acid groups (broad SMARTS) is 1. The fraction of sp³-hybridized carbons (Fsp3) is 0.529. The van der Waals surface area contributed by atoms with Crippen LogP contribution in [0, 0.1) is 5.92 Å². The number of hydrogen-bond donors (Lipinski definition) is 1. The summed E-state index contributed by atoms with van der Waals surface area (Å²) in [6.07, 6.45) is 0.815. The number of amides is 1. The maximum atomic E-state index is 12.1. The van der Waals surface area contributed by atoms with Gasteiger partial charge in [0.15, 0.2) is 0 Å². The van der Waals surface area contributed by atoms with Crippen molar-refractivity contribution >= 4 is 11.9 Å². The van der Waals surface area contributed by atoms with Crippen LogP contribution in [-0.4, -0.2) is 48.7 Å². The number of carbonyl (C=O) groups is 2. The number of hydrogen-bond acceptors (Lipinski definition) is 4. The van der Waals surface area contributed by atoms with Gasteiger partial charge < -0.3 is 19.5 Å². The molecule has 0 aliphatic rings. The lowest BCUT2D eigenvalue weighted by Crippen LogP contribution is -2.38. The summed E-state index contributed by atoms with van der Waals surface area (Å²) < 4.78 is 10.6. The summed E-state index contributed by atoms with van der Waals surface area (Å²) in [6, 6.07) is 7.21. The van der Waals surface area contributed by atoms with Gasteiger partial charge >= 0.3 is 5.97 Å². The van der Waals surface area contributed by atoms with Crippen LogP contribution in [0.15, 0.2) is 24.3 Å². The summed E-state index contributed by atoms with van der Waals surface area (Å²) in [5.41, 5.74) is 0. The standard InChI is InChI=1S/C17H25NO5/c1-13(2)11-18(12-17(20)21)16(19)5-4-10-23-15-8-6-14(22-3)7-9-15/h6-9,13H,4-5,10-12H2,1-3H3,(H,20,21). The first-order valence-corrected chi connectivity index (χ1v) is 7.68. The summed E-state index contributed by atoms with van der Waals surface area (Å²) in [6.45, 7) is 4.51. The van der Waals surface area contributed by atoms with Crippen LogP contribution in [-0.2, 0) is 9.59 Å². The van der Waals surface area contributed by atoms with E-state index in [-0.39, 0.29) is 24.8 Å². The van der Waals surface area contributed by atoms with Crippen molar-refractivity contribution < 1.29 is 24.2 Å². The molecular formula is C17H25NO5. The number of ether oxygens (including phenoxy) is 2. The molecule has 0 heterocycles. The normalized spacial score (nSPS) is 10.4. The molecule has 0 aliphatic heterocycles. The van der Waals surface area contributed by atoms with Crippen LogP contribution in [0.1, 0.15) is 26.7 Å². The number of rotatable bonds is 10. The van der Waals surface area contributed by atoms with Crippen LogP contribution >= 0.6 is 0 Å². The van der Waals surface area contributed by atoms with Crippen LogP contribution in [0.25, 0.3) is 0 Å². The zero-order valence-electron chi connectivity index (χ0n) is 13.9. The molecule has 0 fully saturated rings. The SMILES string of the molecule is COc1ccc(OCCCC(=O)N(CC(=O)O)CC(C)C)cc1. The number of carbonyl (C=O) groups excluding carboxylic acids is 1. The summed E-state index contributed by atoms with van der Waals surface area (Å²) >= 11 is 0. The van der Waals surface area contributed by atoms with Crippen LogP contribution < -0.4 is 9.47 Å². The number of carboxylic acids is 1. The largest absolute Gasteiger partial charge is 0.497 e. The van der Waals surface area contributed by atoms with Crippen molar-refractivity contribution in [2.24, 2.45) is 5.92 Å². The Morgan fingerprint density at radius 2 is 1.78 bits per heavy atom. The summed E-state index contributed by atoms with van der Waals surface area (Å²) in [7, 11) is 1.60. The first kappa shape index (κ1) is 18.8. The summed E-state index contributed by atoms with van der Waals surface area (Å²) in [5, 5.41) is 8.88. The molecular weight excluding hydrogens is 298 g/mol. The van der Waals surface area contributed by atoms with Crippen LogP contribution in [0.2, 0.25) is 0 Å². The number of benzene rings is 1. The number of aliphatic carboxylic acids is 1. The molecule has 128 valence electrons. The third-order valence-electron chi connectivity index (χ3n) is 3.13. The molecule has 0 atom stereocenters. The molecule has 0 saturated heterocycles. The second-order valence-electron chi connectivity index (χ2n) is 5.69. The molecule has 0 spiro atoms. The van der Waals surface area contributed by atoms with Gasteiger partial charge in [0.25, 0.3) is 0 Å². The fourth-order valence-electron chi connectivity index (χ4n) is 2.10. The van der Waals surface area contributed by atoms with Crippen LogP contribution in [0.4, 0.5) is 0 Å². The van der Waals surface area contributed by atoms with E-state index in [1.165, 1.54) is 4.90 Å². The van der Waals surface area contributed by atoms with E-state index in [9.17, 15) is 9.59 Å². The Morgan fingerprint density at radius 3 is 2.30 bits per heavy atom. The van der Waals surface area contributed by atoms with Gasteiger partial charge in [-0.15, -0.1) is 0 Å². The Kier molecular flexibility index (Phi) is 7.94. The Balaban J connectivity index is 2.36. The molecule has 6 nitrogen and oxygen atoms in total. The third-order valence-corrected chi connectivity index (χ3v) is 3.13. The Bertz CT molecular complexity index is 498. The van der Waals surface area contributed by atoms with Crippen molar-refractivity contribution in [1.29, 1.82) is 0 Å². The van der Waals surface area contributed by atoms with E-state index in [0.717, 1.165) is 5.75 Å². The molecule has 1 aromatic rings. The minimum Gasteiger partial charge on any atom is -0.497 e. The molecule has 0 radical (unpaired) electrons. The lowest BCUT2D eigenvalue weighted by atomic mass is 10.2. The monoisotopic (exact) mass is 323 g/mol. The molecule has 0 aliphatic carbocycles. The summed E-state index contributed by atoms with van der Waals surface area (Å²) in [4.78, 5) is 24.3. The second kappa shape index (κ2) is 9.71. The molecule has 0 saturated carbocycles. The maximum Gasteiger partial charge on any atom is 0.323 e. The van der Waals surface area contributed by atoms with Crippen LogP contribution in [0.3, 0.4) is 0 Å².